The van der Waals surface area contributed by atoms with Gasteiger partial charge in [-0.2, -0.15) is 5.26 Å². The maximum Gasteiger partial charge on any atom is 0.261 e. The number of fused-ring (bicyclic) bond motifs is 2. The number of nitrogens with one attached hydrogen (secondary N) is 2. The number of thiophene rings is 1. The summed E-state index contributed by atoms with van der Waals surface area (Å²) in [5.41, 5.74) is 2.39. The molecule has 2 N–H and O–H groups in total. The molecule has 1 heterocycles. The predicted octanol–water partition coefficient (Wildman–Crippen LogP) is 6.06. The van der Waals surface area contributed by atoms with Crippen molar-refractivity contribution < 1.29 is 9.53 Å². The van der Waals surface area contributed by atoms with E-state index in [0.29, 0.717) is 27.8 Å². The van der Waals surface area contributed by atoms with Gasteiger partial charge in [-0.1, -0.05) is 45.0 Å². The number of carbonyl (C=O) groups excluding carboxylic acids is 1. The standard InChI is InChI=1S/C26H27N3O2S2/c1-26(2,3)17-9-10-18-20(14-27)24(33-22(18)13-17)29-25(32)28-23(30)19-11-15-7-5-6-8-16(15)12-21(19)31-4/h5-8,11-12,17H,9-10,13H2,1-4H3,(H2,28,29,30,32)/t17-/m0/s1. The molecule has 0 bridgehead atoms. The molecule has 1 aromatic heterocycles. The summed E-state index contributed by atoms with van der Waals surface area (Å²) in [5, 5.41) is 18.4. The van der Waals surface area contributed by atoms with Crippen molar-refractivity contribution in [3.05, 3.63) is 58.0 Å². The molecule has 33 heavy (non-hydrogen) atoms. The quantitative estimate of drug-likeness (QED) is 0.449. The Bertz CT molecular complexity index is 1280. The van der Waals surface area contributed by atoms with E-state index in [1.165, 1.54) is 12.0 Å². The van der Waals surface area contributed by atoms with Gasteiger partial charge in [0.05, 0.1) is 18.2 Å². The second-order valence-corrected chi connectivity index (χ2v) is 10.9. The van der Waals surface area contributed by atoms with Gasteiger partial charge in [0.15, 0.2) is 5.11 Å². The van der Waals surface area contributed by atoms with Crippen LogP contribution in [0.3, 0.4) is 0 Å². The molecule has 1 aliphatic carbocycles. The van der Waals surface area contributed by atoms with Crippen LogP contribution in [0.4, 0.5) is 5.00 Å². The number of ether oxygens (including phenoxy) is 1. The topological polar surface area (TPSA) is 74.2 Å². The molecule has 1 aliphatic rings. The summed E-state index contributed by atoms with van der Waals surface area (Å²) in [7, 11) is 1.54. The van der Waals surface area contributed by atoms with Crippen LogP contribution in [0.2, 0.25) is 0 Å². The summed E-state index contributed by atoms with van der Waals surface area (Å²) < 4.78 is 5.44. The SMILES string of the molecule is COc1cc2ccccc2cc1C(=O)NC(=S)Nc1sc2c(c1C#N)CC[C@H](C(C)(C)C)C2. The van der Waals surface area contributed by atoms with Crippen LogP contribution in [-0.4, -0.2) is 18.1 Å². The molecular weight excluding hydrogens is 450 g/mol. The van der Waals surface area contributed by atoms with Gasteiger partial charge in [-0.25, -0.2) is 0 Å². The number of anilines is 1. The van der Waals surface area contributed by atoms with Crippen molar-refractivity contribution in [2.45, 2.75) is 40.0 Å². The fourth-order valence-corrected chi connectivity index (χ4v) is 5.94. The summed E-state index contributed by atoms with van der Waals surface area (Å²) in [4.78, 5) is 14.2. The molecule has 0 saturated carbocycles. The van der Waals surface area contributed by atoms with Crippen LogP contribution in [0.15, 0.2) is 36.4 Å². The van der Waals surface area contributed by atoms with Crippen molar-refractivity contribution in [1.82, 2.24) is 5.32 Å². The molecule has 1 atom stereocenters. The number of nitrogens with zero attached hydrogens (tertiary/aromatic N) is 1. The Hall–Kier alpha value is -2.95. The van der Waals surface area contributed by atoms with E-state index in [-0.39, 0.29) is 16.4 Å². The van der Waals surface area contributed by atoms with Gasteiger partial charge in [0, 0.05) is 4.88 Å². The van der Waals surface area contributed by atoms with E-state index >= 15 is 0 Å². The smallest absolute Gasteiger partial charge is 0.261 e. The Morgan fingerprint density at radius 1 is 1.24 bits per heavy atom. The van der Waals surface area contributed by atoms with E-state index in [4.69, 9.17) is 17.0 Å². The third kappa shape index (κ3) is 4.73. The second kappa shape index (κ2) is 9.12. The molecule has 170 valence electrons. The van der Waals surface area contributed by atoms with Crippen molar-refractivity contribution >= 4 is 50.3 Å². The van der Waals surface area contributed by atoms with Gasteiger partial charge in [-0.3, -0.25) is 10.1 Å². The number of rotatable bonds is 3. The zero-order valence-electron chi connectivity index (χ0n) is 19.2. The number of methoxy groups -OCH3 is 1. The van der Waals surface area contributed by atoms with Gasteiger partial charge in [-0.15, -0.1) is 11.3 Å². The molecule has 0 aliphatic heterocycles. The molecule has 7 heteroatoms. The number of hydrogen-bond acceptors (Lipinski definition) is 5. The first kappa shape index (κ1) is 23.2. The average Bonchev–Trinajstić information content (AvgIpc) is 3.13. The molecule has 0 spiro atoms. The van der Waals surface area contributed by atoms with Crippen LogP contribution in [0.25, 0.3) is 10.8 Å². The average molecular weight is 478 g/mol. The van der Waals surface area contributed by atoms with Crippen molar-refractivity contribution in [1.29, 1.82) is 5.26 Å². The maximum atomic E-state index is 13.0. The number of hydrogen-bond donors (Lipinski definition) is 2. The number of nitriles is 1. The largest absolute Gasteiger partial charge is 0.496 e. The summed E-state index contributed by atoms with van der Waals surface area (Å²) in [6.07, 6.45) is 2.93. The second-order valence-electron chi connectivity index (χ2n) is 9.43. The van der Waals surface area contributed by atoms with Crippen molar-refractivity contribution in [3.63, 3.8) is 0 Å². The third-order valence-corrected chi connectivity index (χ3v) is 7.74. The normalized spacial score (nSPS) is 15.4. The Balaban J connectivity index is 1.53. The summed E-state index contributed by atoms with van der Waals surface area (Å²) in [5.74, 6) is 0.698. The molecule has 4 rings (SSSR count). The van der Waals surface area contributed by atoms with Crippen LogP contribution in [-0.2, 0) is 12.8 Å². The van der Waals surface area contributed by atoms with Gasteiger partial charge in [0.25, 0.3) is 5.91 Å². The van der Waals surface area contributed by atoms with Gasteiger partial charge in [0.2, 0.25) is 0 Å². The van der Waals surface area contributed by atoms with Crippen LogP contribution in [0, 0.1) is 22.7 Å². The molecule has 0 fully saturated rings. The molecule has 0 radical (unpaired) electrons. The van der Waals surface area contributed by atoms with E-state index in [2.05, 4.69) is 37.5 Å². The first-order chi connectivity index (χ1) is 15.7. The minimum absolute atomic E-state index is 0.165. The predicted molar refractivity (Wildman–Crippen MR) is 138 cm³/mol. The minimum atomic E-state index is -0.359. The van der Waals surface area contributed by atoms with E-state index in [0.717, 1.165) is 35.6 Å². The lowest BCUT2D eigenvalue weighted by Gasteiger charge is -2.33. The Kier molecular flexibility index (Phi) is 6.42. The first-order valence-corrected chi connectivity index (χ1v) is 12.2. The van der Waals surface area contributed by atoms with E-state index in [1.54, 1.807) is 17.4 Å². The Morgan fingerprint density at radius 2 is 1.94 bits per heavy atom. The number of thiocarbonyl (C=S) groups is 1. The minimum Gasteiger partial charge on any atom is -0.496 e. The number of carbonyl (C=O) groups is 1. The molecule has 2 aromatic carbocycles. The van der Waals surface area contributed by atoms with Crippen molar-refractivity contribution in [2.75, 3.05) is 12.4 Å². The lowest BCUT2D eigenvalue weighted by molar-refractivity contribution is 0.0975. The lowest BCUT2D eigenvalue weighted by atomic mass is 9.72. The fourth-order valence-electron chi connectivity index (χ4n) is 4.40. The van der Waals surface area contributed by atoms with Crippen LogP contribution < -0.4 is 15.4 Å². The van der Waals surface area contributed by atoms with Gasteiger partial charge in [0.1, 0.15) is 16.8 Å². The molecule has 5 nitrogen and oxygen atoms in total. The summed E-state index contributed by atoms with van der Waals surface area (Å²) in [6, 6.07) is 13.8. The van der Waals surface area contributed by atoms with Crippen molar-refractivity contribution in [3.8, 4) is 11.8 Å². The summed E-state index contributed by atoms with van der Waals surface area (Å²) in [6.45, 7) is 6.81. The number of amides is 1. The monoisotopic (exact) mass is 477 g/mol. The summed E-state index contributed by atoms with van der Waals surface area (Å²) >= 11 is 7.00. The highest BCUT2D eigenvalue weighted by Crippen LogP contribution is 2.44. The highest BCUT2D eigenvalue weighted by molar-refractivity contribution is 7.80. The maximum absolute atomic E-state index is 13.0. The Morgan fingerprint density at radius 3 is 2.58 bits per heavy atom. The lowest BCUT2D eigenvalue weighted by Crippen LogP contribution is -2.34. The fraction of sp³-hybridized carbons (Fsp3) is 0.346. The van der Waals surface area contributed by atoms with Crippen LogP contribution in [0.5, 0.6) is 5.75 Å². The van der Waals surface area contributed by atoms with Crippen LogP contribution >= 0.6 is 23.6 Å². The zero-order valence-corrected chi connectivity index (χ0v) is 20.9. The molecule has 0 unspecified atom stereocenters. The van der Waals surface area contributed by atoms with E-state index in [1.807, 2.05) is 30.3 Å². The van der Waals surface area contributed by atoms with Gasteiger partial charge in [-0.05, 0) is 71.3 Å². The highest BCUT2D eigenvalue weighted by atomic mass is 32.1. The molecule has 0 saturated heterocycles. The molecule has 1 amide bonds. The van der Waals surface area contributed by atoms with Gasteiger partial charge < -0.3 is 10.1 Å². The first-order valence-electron chi connectivity index (χ1n) is 10.9. The van der Waals surface area contributed by atoms with E-state index < -0.39 is 0 Å². The zero-order chi connectivity index (χ0) is 23.8. The molecular formula is C26H27N3O2S2. The highest BCUT2D eigenvalue weighted by Gasteiger charge is 2.32. The van der Waals surface area contributed by atoms with Crippen LogP contribution in [0.1, 0.15) is 53.6 Å². The van der Waals surface area contributed by atoms with Crippen molar-refractivity contribution in [2.24, 2.45) is 11.3 Å². The Labute approximate surface area is 203 Å². The third-order valence-electron chi connectivity index (χ3n) is 6.37. The molecule has 3 aromatic rings. The number of benzene rings is 2. The van der Waals surface area contributed by atoms with E-state index in [9.17, 15) is 10.1 Å². The van der Waals surface area contributed by atoms with Gasteiger partial charge >= 0.3 is 0 Å².